The van der Waals surface area contributed by atoms with Crippen LogP contribution in [-0.4, -0.2) is 14.3 Å². The van der Waals surface area contributed by atoms with Gasteiger partial charge in [-0.1, -0.05) is 24.3 Å². The standard InChI is InChI=1S/C13H16N2O3S/c14-19(17,18)12-7-3-4-10(8-12)9-15-13(16)11-5-1-2-6-11/h1-4,7-8,11H,5-6,9H2,(H,15,16)(H2,14,17,18). The molecule has 3 N–H and O–H groups in total. The van der Waals surface area contributed by atoms with Crippen LogP contribution in [0, 0.1) is 5.92 Å². The number of carbonyl (C=O) groups excluding carboxylic acids is 1. The van der Waals surface area contributed by atoms with E-state index in [0.717, 1.165) is 12.8 Å². The molecule has 0 heterocycles. The Balaban J connectivity index is 1.98. The van der Waals surface area contributed by atoms with Gasteiger partial charge in [-0.15, -0.1) is 0 Å². The number of hydrogen-bond donors (Lipinski definition) is 2. The first kappa shape index (κ1) is 13.8. The molecule has 0 saturated carbocycles. The third-order valence-electron chi connectivity index (χ3n) is 3.07. The third kappa shape index (κ3) is 3.65. The second-order valence-electron chi connectivity index (χ2n) is 4.55. The van der Waals surface area contributed by atoms with E-state index in [-0.39, 0.29) is 16.7 Å². The lowest BCUT2D eigenvalue weighted by Gasteiger charge is -2.10. The number of benzene rings is 1. The Morgan fingerprint density at radius 1 is 1.32 bits per heavy atom. The van der Waals surface area contributed by atoms with Gasteiger partial charge in [0.15, 0.2) is 0 Å². The maximum absolute atomic E-state index is 11.8. The van der Waals surface area contributed by atoms with E-state index in [2.05, 4.69) is 5.32 Å². The summed E-state index contributed by atoms with van der Waals surface area (Å²) in [4.78, 5) is 11.9. The Bertz CT molecular complexity index is 600. The molecular formula is C13H16N2O3S. The van der Waals surface area contributed by atoms with Crippen molar-refractivity contribution in [3.05, 3.63) is 42.0 Å². The van der Waals surface area contributed by atoms with E-state index in [9.17, 15) is 13.2 Å². The first-order valence-corrected chi connectivity index (χ1v) is 7.56. The number of allylic oxidation sites excluding steroid dienone is 2. The van der Waals surface area contributed by atoms with E-state index in [0.29, 0.717) is 12.1 Å². The molecule has 0 bridgehead atoms. The zero-order valence-electron chi connectivity index (χ0n) is 10.4. The van der Waals surface area contributed by atoms with Crippen molar-refractivity contribution in [3.8, 4) is 0 Å². The molecule has 19 heavy (non-hydrogen) atoms. The first-order valence-electron chi connectivity index (χ1n) is 6.01. The van der Waals surface area contributed by atoms with E-state index in [1.54, 1.807) is 12.1 Å². The predicted octanol–water partition coefficient (Wildman–Crippen LogP) is 0.916. The Kier molecular flexibility index (Phi) is 4.01. The Hall–Kier alpha value is -1.66. The Morgan fingerprint density at radius 2 is 2.00 bits per heavy atom. The van der Waals surface area contributed by atoms with Crippen LogP contribution in [0.15, 0.2) is 41.3 Å². The molecule has 0 aromatic heterocycles. The van der Waals surface area contributed by atoms with Crippen molar-refractivity contribution >= 4 is 15.9 Å². The highest BCUT2D eigenvalue weighted by Gasteiger charge is 2.18. The van der Waals surface area contributed by atoms with Crippen molar-refractivity contribution in [2.75, 3.05) is 0 Å². The van der Waals surface area contributed by atoms with Gasteiger partial charge < -0.3 is 5.32 Å². The molecule has 0 saturated heterocycles. The largest absolute Gasteiger partial charge is 0.352 e. The quantitative estimate of drug-likeness (QED) is 0.804. The summed E-state index contributed by atoms with van der Waals surface area (Å²) in [6, 6.07) is 6.27. The lowest BCUT2D eigenvalue weighted by molar-refractivity contribution is -0.124. The van der Waals surface area contributed by atoms with Gasteiger partial charge in [-0.05, 0) is 30.5 Å². The van der Waals surface area contributed by atoms with Crippen LogP contribution in [0.5, 0.6) is 0 Å². The van der Waals surface area contributed by atoms with E-state index >= 15 is 0 Å². The number of sulfonamides is 1. The fraction of sp³-hybridized carbons (Fsp3) is 0.308. The minimum Gasteiger partial charge on any atom is -0.352 e. The first-order chi connectivity index (χ1) is 8.97. The molecule has 1 amide bonds. The van der Waals surface area contributed by atoms with E-state index in [4.69, 9.17) is 5.14 Å². The van der Waals surface area contributed by atoms with Gasteiger partial charge in [0.25, 0.3) is 0 Å². The number of amides is 1. The SMILES string of the molecule is NS(=O)(=O)c1cccc(CNC(=O)C2CC=CC2)c1. The molecule has 1 aromatic rings. The number of nitrogens with one attached hydrogen (secondary N) is 1. The minimum absolute atomic E-state index is 0.00132. The summed E-state index contributed by atoms with van der Waals surface area (Å²) in [6.07, 6.45) is 5.52. The summed E-state index contributed by atoms with van der Waals surface area (Å²) in [5.41, 5.74) is 0.714. The van der Waals surface area contributed by atoms with Crippen molar-refractivity contribution in [3.63, 3.8) is 0 Å². The highest BCUT2D eigenvalue weighted by molar-refractivity contribution is 7.89. The maximum Gasteiger partial charge on any atom is 0.238 e. The van der Waals surface area contributed by atoms with Gasteiger partial charge in [-0.25, -0.2) is 13.6 Å². The molecule has 1 aliphatic rings. The van der Waals surface area contributed by atoms with Crippen molar-refractivity contribution < 1.29 is 13.2 Å². The van der Waals surface area contributed by atoms with E-state index in [1.165, 1.54) is 12.1 Å². The minimum atomic E-state index is -3.70. The van der Waals surface area contributed by atoms with Crippen LogP contribution in [0.4, 0.5) is 0 Å². The molecule has 0 aliphatic heterocycles. The van der Waals surface area contributed by atoms with Gasteiger partial charge >= 0.3 is 0 Å². The fourth-order valence-corrected chi connectivity index (χ4v) is 2.58. The fourth-order valence-electron chi connectivity index (χ4n) is 2.00. The zero-order chi connectivity index (χ0) is 13.9. The highest BCUT2D eigenvalue weighted by Crippen LogP contribution is 2.18. The molecule has 5 nitrogen and oxygen atoms in total. The molecule has 0 radical (unpaired) electrons. The van der Waals surface area contributed by atoms with E-state index in [1.807, 2.05) is 12.2 Å². The van der Waals surface area contributed by atoms with Crippen LogP contribution in [0.25, 0.3) is 0 Å². The lowest BCUT2D eigenvalue weighted by atomic mass is 10.1. The summed E-state index contributed by atoms with van der Waals surface area (Å²) < 4.78 is 22.4. The average Bonchev–Trinajstić information content (AvgIpc) is 2.89. The van der Waals surface area contributed by atoms with Gasteiger partial charge in [0.05, 0.1) is 4.90 Å². The molecule has 0 spiro atoms. The highest BCUT2D eigenvalue weighted by atomic mass is 32.2. The molecule has 0 atom stereocenters. The molecule has 0 unspecified atom stereocenters. The number of carbonyl (C=O) groups is 1. The zero-order valence-corrected chi connectivity index (χ0v) is 11.2. The van der Waals surface area contributed by atoms with Crippen LogP contribution in [0.1, 0.15) is 18.4 Å². The van der Waals surface area contributed by atoms with Crippen LogP contribution < -0.4 is 10.5 Å². The lowest BCUT2D eigenvalue weighted by Crippen LogP contribution is -2.29. The number of hydrogen-bond acceptors (Lipinski definition) is 3. The number of rotatable bonds is 4. The van der Waals surface area contributed by atoms with Crippen LogP contribution in [-0.2, 0) is 21.4 Å². The van der Waals surface area contributed by atoms with Crippen molar-refractivity contribution in [2.24, 2.45) is 11.1 Å². The average molecular weight is 280 g/mol. The summed E-state index contributed by atoms with van der Waals surface area (Å²) in [5.74, 6) is -0.00701. The summed E-state index contributed by atoms with van der Waals surface area (Å²) in [7, 11) is -3.70. The summed E-state index contributed by atoms with van der Waals surface area (Å²) in [6.45, 7) is 0.304. The van der Waals surface area contributed by atoms with Crippen LogP contribution in [0.2, 0.25) is 0 Å². The maximum atomic E-state index is 11.8. The second-order valence-corrected chi connectivity index (χ2v) is 6.11. The normalized spacial score (nSPS) is 15.6. The van der Waals surface area contributed by atoms with Crippen LogP contribution >= 0.6 is 0 Å². The molecule has 1 aliphatic carbocycles. The predicted molar refractivity (Wildman–Crippen MR) is 71.5 cm³/mol. The van der Waals surface area contributed by atoms with Crippen molar-refractivity contribution in [1.29, 1.82) is 0 Å². The van der Waals surface area contributed by atoms with Crippen molar-refractivity contribution in [2.45, 2.75) is 24.3 Å². The van der Waals surface area contributed by atoms with Gasteiger partial charge in [0.1, 0.15) is 0 Å². The Labute approximate surface area is 112 Å². The van der Waals surface area contributed by atoms with Crippen LogP contribution in [0.3, 0.4) is 0 Å². The monoisotopic (exact) mass is 280 g/mol. The molecule has 2 rings (SSSR count). The third-order valence-corrected chi connectivity index (χ3v) is 3.98. The van der Waals surface area contributed by atoms with Gasteiger partial charge in [-0.3, -0.25) is 4.79 Å². The molecule has 0 fully saturated rings. The summed E-state index contributed by atoms with van der Waals surface area (Å²) in [5, 5.41) is 7.86. The second kappa shape index (κ2) is 5.54. The molecule has 6 heteroatoms. The number of nitrogens with two attached hydrogens (primary N) is 1. The topological polar surface area (TPSA) is 89.3 Å². The van der Waals surface area contributed by atoms with Gasteiger partial charge in [-0.2, -0.15) is 0 Å². The Morgan fingerprint density at radius 3 is 2.63 bits per heavy atom. The molecular weight excluding hydrogens is 264 g/mol. The molecule has 1 aromatic carbocycles. The number of primary sulfonamides is 1. The smallest absolute Gasteiger partial charge is 0.238 e. The summed E-state index contributed by atoms with van der Waals surface area (Å²) >= 11 is 0. The molecule has 102 valence electrons. The van der Waals surface area contributed by atoms with Gasteiger partial charge in [0.2, 0.25) is 15.9 Å². The van der Waals surface area contributed by atoms with E-state index < -0.39 is 10.0 Å². The van der Waals surface area contributed by atoms with Gasteiger partial charge in [0, 0.05) is 12.5 Å². The van der Waals surface area contributed by atoms with Crippen molar-refractivity contribution in [1.82, 2.24) is 5.32 Å².